The van der Waals surface area contributed by atoms with Gasteiger partial charge >= 0.3 is 0 Å². The van der Waals surface area contributed by atoms with Crippen LogP contribution in [0.3, 0.4) is 0 Å². The van der Waals surface area contributed by atoms with Gasteiger partial charge in [0.2, 0.25) is 0 Å². The summed E-state index contributed by atoms with van der Waals surface area (Å²) in [7, 11) is 0. The molecule has 0 saturated carbocycles. The molecule has 2 nitrogen and oxygen atoms in total. The van der Waals surface area contributed by atoms with Gasteiger partial charge in [-0.1, -0.05) is 23.7 Å². The molecule has 1 aliphatic rings. The van der Waals surface area contributed by atoms with Crippen molar-refractivity contribution in [1.29, 1.82) is 0 Å². The van der Waals surface area contributed by atoms with E-state index in [0.717, 1.165) is 24.9 Å². The Morgan fingerprint density at radius 1 is 1.50 bits per heavy atom. The molecule has 4 heteroatoms. The van der Waals surface area contributed by atoms with Crippen LogP contribution in [-0.4, -0.2) is 29.2 Å². The van der Waals surface area contributed by atoms with Gasteiger partial charge in [-0.2, -0.15) is 0 Å². The largest absolute Gasteiger partial charge is 0.395 e. The Bertz CT molecular complexity index is 372. The van der Waals surface area contributed by atoms with Crippen LogP contribution in [0.15, 0.2) is 18.2 Å². The summed E-state index contributed by atoms with van der Waals surface area (Å²) in [5.41, 5.74) is 0.794. The lowest BCUT2D eigenvalue weighted by molar-refractivity contribution is 0.153. The van der Waals surface area contributed by atoms with Crippen LogP contribution in [0.25, 0.3) is 0 Å². The van der Waals surface area contributed by atoms with E-state index in [1.165, 1.54) is 6.07 Å². The highest BCUT2D eigenvalue weighted by Crippen LogP contribution is 2.25. The van der Waals surface area contributed by atoms with Gasteiger partial charge in [-0.25, -0.2) is 4.39 Å². The number of likely N-dealkylation sites (tertiary alicyclic amines) is 1. The second-order valence-corrected chi connectivity index (χ2v) is 4.54. The number of hydrogen-bond donors (Lipinski definition) is 1. The fraction of sp³-hybridized carbons (Fsp3) is 0.500. The van der Waals surface area contributed by atoms with Crippen LogP contribution in [0.2, 0.25) is 5.02 Å². The van der Waals surface area contributed by atoms with Crippen molar-refractivity contribution in [2.45, 2.75) is 25.4 Å². The van der Waals surface area contributed by atoms with Crippen LogP contribution in [0.5, 0.6) is 0 Å². The van der Waals surface area contributed by atoms with Gasteiger partial charge in [0.1, 0.15) is 5.82 Å². The minimum atomic E-state index is -0.376. The van der Waals surface area contributed by atoms with Gasteiger partial charge in [-0.3, -0.25) is 4.90 Å². The SMILES string of the molecule is OC[C@@H]1CCCN1Cc1cccc(F)c1Cl. The Hall–Kier alpha value is -0.640. The number of nitrogens with zero attached hydrogens (tertiary/aromatic N) is 1. The van der Waals surface area contributed by atoms with Crippen molar-refractivity contribution in [3.8, 4) is 0 Å². The van der Waals surface area contributed by atoms with E-state index in [9.17, 15) is 9.50 Å². The molecule has 1 saturated heterocycles. The van der Waals surface area contributed by atoms with E-state index in [4.69, 9.17) is 11.6 Å². The van der Waals surface area contributed by atoms with E-state index in [1.54, 1.807) is 6.07 Å². The first kappa shape index (κ1) is 11.8. The molecular weight excluding hydrogens is 229 g/mol. The standard InChI is InChI=1S/C12H15ClFNO/c13-12-9(3-1-5-11(12)14)7-15-6-2-4-10(15)8-16/h1,3,5,10,16H,2,4,6-8H2/t10-/m0/s1. The molecule has 1 aliphatic heterocycles. The molecule has 1 atom stereocenters. The summed E-state index contributed by atoms with van der Waals surface area (Å²) < 4.78 is 13.2. The molecule has 0 spiro atoms. The first-order valence-electron chi connectivity index (χ1n) is 5.50. The molecule has 1 aromatic rings. The zero-order valence-corrected chi connectivity index (χ0v) is 9.75. The maximum absolute atomic E-state index is 13.2. The number of aliphatic hydroxyl groups is 1. The van der Waals surface area contributed by atoms with Gasteiger partial charge in [0.25, 0.3) is 0 Å². The van der Waals surface area contributed by atoms with Crippen molar-refractivity contribution in [1.82, 2.24) is 4.90 Å². The number of rotatable bonds is 3. The number of hydrogen-bond acceptors (Lipinski definition) is 2. The van der Waals surface area contributed by atoms with Gasteiger partial charge < -0.3 is 5.11 Å². The zero-order valence-electron chi connectivity index (χ0n) is 9.00. The highest BCUT2D eigenvalue weighted by Gasteiger charge is 2.24. The number of halogens is 2. The molecular formula is C12H15ClFNO. The smallest absolute Gasteiger partial charge is 0.142 e. The summed E-state index contributed by atoms with van der Waals surface area (Å²) in [6.07, 6.45) is 2.08. The Balaban J connectivity index is 2.11. The molecule has 1 fully saturated rings. The number of benzene rings is 1. The summed E-state index contributed by atoms with van der Waals surface area (Å²) in [6.45, 7) is 1.72. The van der Waals surface area contributed by atoms with Gasteiger partial charge in [-0.15, -0.1) is 0 Å². The molecule has 0 aromatic heterocycles. The molecule has 1 heterocycles. The second-order valence-electron chi connectivity index (χ2n) is 4.16. The lowest BCUT2D eigenvalue weighted by Gasteiger charge is -2.23. The molecule has 0 bridgehead atoms. The monoisotopic (exact) mass is 243 g/mol. The van der Waals surface area contributed by atoms with Gasteiger partial charge in [0.15, 0.2) is 0 Å². The van der Waals surface area contributed by atoms with Crippen LogP contribution in [0, 0.1) is 5.82 Å². The number of aliphatic hydroxyl groups excluding tert-OH is 1. The highest BCUT2D eigenvalue weighted by molar-refractivity contribution is 6.31. The molecule has 0 aliphatic carbocycles. The third kappa shape index (κ3) is 2.37. The first-order valence-corrected chi connectivity index (χ1v) is 5.88. The fourth-order valence-corrected chi connectivity index (χ4v) is 2.39. The average Bonchev–Trinajstić information content (AvgIpc) is 2.72. The maximum atomic E-state index is 13.2. The molecule has 1 aromatic carbocycles. The summed E-state index contributed by atoms with van der Waals surface area (Å²) in [5.74, 6) is -0.376. The fourth-order valence-electron chi connectivity index (χ4n) is 2.20. The van der Waals surface area contributed by atoms with Gasteiger partial charge in [0, 0.05) is 12.6 Å². The van der Waals surface area contributed by atoms with Crippen LogP contribution in [0.1, 0.15) is 18.4 Å². The quantitative estimate of drug-likeness (QED) is 0.882. The normalized spacial score (nSPS) is 21.6. The van der Waals surface area contributed by atoms with Gasteiger partial charge in [-0.05, 0) is 31.0 Å². The van der Waals surface area contributed by atoms with E-state index in [-0.39, 0.29) is 23.5 Å². The minimum absolute atomic E-state index is 0.160. The Kier molecular flexibility index (Phi) is 3.79. The summed E-state index contributed by atoms with van der Waals surface area (Å²) in [4.78, 5) is 2.15. The molecule has 16 heavy (non-hydrogen) atoms. The minimum Gasteiger partial charge on any atom is -0.395 e. The van der Waals surface area contributed by atoms with E-state index in [0.29, 0.717) is 6.54 Å². The van der Waals surface area contributed by atoms with Crippen LogP contribution in [-0.2, 0) is 6.54 Å². The summed E-state index contributed by atoms with van der Waals surface area (Å²) >= 11 is 5.90. The third-order valence-electron chi connectivity index (χ3n) is 3.11. The van der Waals surface area contributed by atoms with E-state index < -0.39 is 0 Å². The average molecular weight is 244 g/mol. The van der Waals surface area contributed by atoms with Crippen LogP contribution >= 0.6 is 11.6 Å². The maximum Gasteiger partial charge on any atom is 0.142 e. The Morgan fingerprint density at radius 2 is 2.31 bits per heavy atom. The first-order chi connectivity index (χ1) is 7.72. The van der Waals surface area contributed by atoms with Crippen molar-refractivity contribution in [2.75, 3.05) is 13.2 Å². The molecule has 0 radical (unpaired) electrons. The zero-order chi connectivity index (χ0) is 11.5. The predicted octanol–water partition coefficient (Wildman–Crippen LogP) is 2.44. The lowest BCUT2D eigenvalue weighted by Crippen LogP contribution is -2.31. The molecule has 88 valence electrons. The predicted molar refractivity (Wildman–Crippen MR) is 61.9 cm³/mol. The second kappa shape index (κ2) is 5.13. The highest BCUT2D eigenvalue weighted by atomic mass is 35.5. The summed E-state index contributed by atoms with van der Waals surface area (Å²) in [5, 5.41) is 9.39. The Morgan fingerprint density at radius 3 is 3.06 bits per heavy atom. The van der Waals surface area contributed by atoms with Crippen LogP contribution < -0.4 is 0 Å². The van der Waals surface area contributed by atoms with E-state index in [1.807, 2.05) is 6.07 Å². The van der Waals surface area contributed by atoms with Crippen molar-refractivity contribution < 1.29 is 9.50 Å². The van der Waals surface area contributed by atoms with E-state index in [2.05, 4.69) is 4.90 Å². The Labute approximate surface area is 99.6 Å². The topological polar surface area (TPSA) is 23.5 Å². The van der Waals surface area contributed by atoms with Crippen molar-refractivity contribution in [2.24, 2.45) is 0 Å². The summed E-state index contributed by atoms with van der Waals surface area (Å²) in [6, 6.07) is 5.05. The molecule has 2 rings (SSSR count). The van der Waals surface area contributed by atoms with Gasteiger partial charge in [0.05, 0.1) is 11.6 Å². The van der Waals surface area contributed by atoms with Crippen molar-refractivity contribution in [3.05, 3.63) is 34.6 Å². The molecule has 0 amide bonds. The van der Waals surface area contributed by atoms with E-state index >= 15 is 0 Å². The van der Waals surface area contributed by atoms with Crippen LogP contribution in [0.4, 0.5) is 4.39 Å². The third-order valence-corrected chi connectivity index (χ3v) is 3.54. The molecule has 1 N–H and O–H groups in total. The van der Waals surface area contributed by atoms with Crippen molar-refractivity contribution >= 4 is 11.6 Å². The molecule has 0 unspecified atom stereocenters. The van der Waals surface area contributed by atoms with Crippen molar-refractivity contribution in [3.63, 3.8) is 0 Å². The lowest BCUT2D eigenvalue weighted by atomic mass is 10.2.